The van der Waals surface area contributed by atoms with Crippen LogP contribution in [0.3, 0.4) is 0 Å². The number of hydrogen-bond donors (Lipinski definition) is 0. The van der Waals surface area contributed by atoms with Crippen LogP contribution in [0, 0.1) is 10.1 Å². The Morgan fingerprint density at radius 3 is 2.53 bits per heavy atom. The fraction of sp³-hybridized carbons (Fsp3) is 0.238. The molecule has 3 aromatic rings. The summed E-state index contributed by atoms with van der Waals surface area (Å²) in [6, 6.07) is 12.9. The highest BCUT2D eigenvalue weighted by molar-refractivity contribution is 7.99. The highest BCUT2D eigenvalue weighted by Gasteiger charge is 2.23. The third kappa shape index (κ3) is 5.30. The number of aromatic nitrogens is 3. The largest absolute Gasteiger partial charge is 0.452 e. The van der Waals surface area contributed by atoms with Crippen molar-refractivity contribution >= 4 is 35.0 Å². The van der Waals surface area contributed by atoms with Crippen LogP contribution in [0.15, 0.2) is 64.9 Å². The highest BCUT2D eigenvalue weighted by Crippen LogP contribution is 2.34. The second-order valence-corrected chi connectivity index (χ2v) is 8.04. The van der Waals surface area contributed by atoms with Crippen LogP contribution < -0.4 is 4.90 Å². The van der Waals surface area contributed by atoms with Gasteiger partial charge in [-0.25, -0.2) is 4.79 Å². The van der Waals surface area contributed by atoms with Crippen molar-refractivity contribution in [3.8, 4) is 0 Å². The number of esters is 1. The Kier molecular flexibility index (Phi) is 7.21. The number of hydrogen-bond acceptors (Lipinski definition) is 8. The number of rotatable bonds is 8. The molecule has 10 nitrogen and oxygen atoms in total. The predicted molar refractivity (Wildman–Crippen MR) is 118 cm³/mol. The molecule has 1 heterocycles. The van der Waals surface area contributed by atoms with Gasteiger partial charge in [0.1, 0.15) is 6.33 Å². The van der Waals surface area contributed by atoms with Gasteiger partial charge in [0.25, 0.3) is 11.6 Å². The van der Waals surface area contributed by atoms with Gasteiger partial charge in [-0.1, -0.05) is 18.2 Å². The molecule has 1 amide bonds. The summed E-state index contributed by atoms with van der Waals surface area (Å²) in [5, 5.41) is 19.6. The minimum Gasteiger partial charge on any atom is -0.452 e. The molecule has 0 fully saturated rings. The Morgan fingerprint density at radius 2 is 1.94 bits per heavy atom. The van der Waals surface area contributed by atoms with Gasteiger partial charge in [-0.2, -0.15) is 0 Å². The van der Waals surface area contributed by atoms with Crippen molar-refractivity contribution in [1.29, 1.82) is 0 Å². The van der Waals surface area contributed by atoms with E-state index in [4.69, 9.17) is 4.74 Å². The Bertz CT molecular complexity index is 1130. The lowest BCUT2D eigenvalue weighted by Crippen LogP contribution is -2.39. The number of anilines is 1. The van der Waals surface area contributed by atoms with Crippen molar-refractivity contribution in [3.63, 3.8) is 0 Å². The van der Waals surface area contributed by atoms with E-state index in [0.29, 0.717) is 15.7 Å². The Balaban J connectivity index is 1.73. The summed E-state index contributed by atoms with van der Waals surface area (Å²) in [4.78, 5) is 37.9. The molecule has 0 atom stereocenters. The van der Waals surface area contributed by atoms with Gasteiger partial charge in [0.15, 0.2) is 11.8 Å². The SMILES string of the molecule is CC(C)N(C(=O)COC(=O)c1ccc(Sc2nncn2C)c([N+](=O)[O-])c1)c1ccccc1. The summed E-state index contributed by atoms with van der Waals surface area (Å²) in [5.74, 6) is -1.23. The fourth-order valence-corrected chi connectivity index (χ4v) is 3.79. The predicted octanol–water partition coefficient (Wildman–Crippen LogP) is 3.47. The Hall–Kier alpha value is -3.73. The number of aryl methyl sites for hydroxylation is 1. The lowest BCUT2D eigenvalue weighted by molar-refractivity contribution is -0.387. The van der Waals surface area contributed by atoms with Crippen molar-refractivity contribution in [2.45, 2.75) is 29.9 Å². The third-order valence-electron chi connectivity index (χ3n) is 4.41. The zero-order valence-electron chi connectivity index (χ0n) is 17.7. The number of nitrogens with zero attached hydrogens (tertiary/aromatic N) is 5. The van der Waals surface area contributed by atoms with E-state index >= 15 is 0 Å². The fourth-order valence-electron chi connectivity index (χ4n) is 2.94. The van der Waals surface area contributed by atoms with Gasteiger partial charge in [0.05, 0.1) is 15.4 Å². The quantitative estimate of drug-likeness (QED) is 0.288. The number of ether oxygens (including phenoxy) is 1. The molecule has 32 heavy (non-hydrogen) atoms. The van der Waals surface area contributed by atoms with Crippen LogP contribution in [0.2, 0.25) is 0 Å². The minimum atomic E-state index is -0.826. The first-order chi connectivity index (χ1) is 15.3. The molecule has 0 saturated carbocycles. The van der Waals surface area contributed by atoms with Crippen LogP contribution >= 0.6 is 11.8 Å². The van der Waals surface area contributed by atoms with Gasteiger partial charge in [0, 0.05) is 24.8 Å². The summed E-state index contributed by atoms with van der Waals surface area (Å²) >= 11 is 1.05. The van der Waals surface area contributed by atoms with Crippen molar-refractivity contribution < 1.29 is 19.2 Å². The summed E-state index contributed by atoms with van der Waals surface area (Å²) < 4.78 is 6.78. The zero-order chi connectivity index (χ0) is 23.3. The maximum atomic E-state index is 12.7. The highest BCUT2D eigenvalue weighted by atomic mass is 32.2. The standard InChI is InChI=1S/C21H21N5O5S/c1-14(2)25(16-7-5-4-6-8-16)19(27)12-31-20(28)15-9-10-18(17(11-15)26(29)30)32-21-23-22-13-24(21)3/h4-11,13-14H,12H2,1-3H3. The lowest BCUT2D eigenvalue weighted by Gasteiger charge is -2.26. The monoisotopic (exact) mass is 455 g/mol. The molecule has 11 heteroatoms. The first-order valence-electron chi connectivity index (χ1n) is 9.62. The van der Waals surface area contributed by atoms with E-state index in [1.54, 1.807) is 23.7 Å². The van der Waals surface area contributed by atoms with Crippen LogP contribution in [0.4, 0.5) is 11.4 Å². The molecular formula is C21H21N5O5S. The normalized spacial score (nSPS) is 10.8. The molecule has 0 N–H and O–H groups in total. The molecule has 0 saturated heterocycles. The molecule has 0 bridgehead atoms. The molecule has 0 radical (unpaired) electrons. The Morgan fingerprint density at radius 1 is 1.22 bits per heavy atom. The number of nitro groups is 1. The average molecular weight is 455 g/mol. The number of amides is 1. The first-order valence-corrected chi connectivity index (χ1v) is 10.4. The molecule has 3 rings (SSSR count). The summed E-state index contributed by atoms with van der Waals surface area (Å²) in [6.45, 7) is 3.21. The molecule has 0 aliphatic rings. The van der Waals surface area contributed by atoms with Gasteiger partial charge in [-0.3, -0.25) is 14.9 Å². The number of carbonyl (C=O) groups excluding carboxylic acids is 2. The molecule has 0 spiro atoms. The van der Waals surface area contributed by atoms with E-state index in [0.717, 1.165) is 17.8 Å². The number of carbonyl (C=O) groups is 2. The lowest BCUT2D eigenvalue weighted by atomic mass is 10.2. The van der Waals surface area contributed by atoms with Gasteiger partial charge in [-0.15, -0.1) is 10.2 Å². The van der Waals surface area contributed by atoms with E-state index in [1.807, 2.05) is 32.0 Å². The van der Waals surface area contributed by atoms with E-state index in [-0.39, 0.29) is 17.3 Å². The smallest absolute Gasteiger partial charge is 0.338 e. The number of benzene rings is 2. The number of para-hydroxylation sites is 1. The molecule has 0 aliphatic carbocycles. The van der Waals surface area contributed by atoms with Crippen LogP contribution in [-0.2, 0) is 16.6 Å². The zero-order valence-corrected chi connectivity index (χ0v) is 18.5. The van der Waals surface area contributed by atoms with Gasteiger partial charge >= 0.3 is 5.97 Å². The van der Waals surface area contributed by atoms with E-state index < -0.39 is 23.4 Å². The van der Waals surface area contributed by atoms with Crippen molar-refractivity contribution in [3.05, 3.63) is 70.5 Å². The molecule has 0 aliphatic heterocycles. The summed E-state index contributed by atoms with van der Waals surface area (Å²) in [6.07, 6.45) is 1.48. The van der Waals surface area contributed by atoms with Crippen LogP contribution in [0.1, 0.15) is 24.2 Å². The topological polar surface area (TPSA) is 120 Å². The maximum absolute atomic E-state index is 12.7. The van der Waals surface area contributed by atoms with E-state index in [9.17, 15) is 19.7 Å². The molecular weight excluding hydrogens is 434 g/mol. The minimum absolute atomic E-state index is 0.0253. The molecule has 166 valence electrons. The first kappa shape index (κ1) is 22.9. The number of nitro benzene ring substituents is 1. The van der Waals surface area contributed by atoms with Gasteiger partial charge in [-0.05, 0) is 49.9 Å². The van der Waals surface area contributed by atoms with E-state index in [1.165, 1.54) is 23.4 Å². The van der Waals surface area contributed by atoms with Crippen molar-refractivity contribution in [2.24, 2.45) is 7.05 Å². The maximum Gasteiger partial charge on any atom is 0.338 e. The molecule has 1 aromatic heterocycles. The van der Waals surface area contributed by atoms with Crippen LogP contribution in [-0.4, -0.2) is 44.2 Å². The third-order valence-corrected chi connectivity index (χ3v) is 5.53. The second kappa shape index (κ2) is 10.1. The van der Waals surface area contributed by atoms with Gasteiger partial charge < -0.3 is 14.2 Å². The van der Waals surface area contributed by atoms with Crippen molar-refractivity contribution in [2.75, 3.05) is 11.5 Å². The van der Waals surface area contributed by atoms with Crippen LogP contribution in [0.5, 0.6) is 0 Å². The van der Waals surface area contributed by atoms with E-state index in [2.05, 4.69) is 10.2 Å². The molecule has 0 unspecified atom stereocenters. The summed E-state index contributed by atoms with van der Waals surface area (Å²) in [5.41, 5.74) is 0.388. The van der Waals surface area contributed by atoms with Crippen molar-refractivity contribution in [1.82, 2.24) is 14.8 Å². The Labute approximate surface area is 188 Å². The molecule has 2 aromatic carbocycles. The summed E-state index contributed by atoms with van der Waals surface area (Å²) in [7, 11) is 1.72. The van der Waals surface area contributed by atoms with Crippen LogP contribution in [0.25, 0.3) is 0 Å². The second-order valence-electron chi connectivity index (χ2n) is 7.04. The van der Waals surface area contributed by atoms with Gasteiger partial charge in [0.2, 0.25) is 0 Å². The average Bonchev–Trinajstić information content (AvgIpc) is 3.17.